The molecule has 0 aliphatic heterocycles. The van der Waals surface area contributed by atoms with E-state index in [1.165, 1.54) is 6.33 Å². The summed E-state index contributed by atoms with van der Waals surface area (Å²) in [4.78, 5) is 18.5. The van der Waals surface area contributed by atoms with Crippen LogP contribution in [0.2, 0.25) is 5.15 Å². The molecule has 1 aromatic heterocycles. The van der Waals surface area contributed by atoms with Crippen LogP contribution in [0.25, 0.3) is 10.9 Å². The Hall–Kier alpha value is -2.12. The summed E-state index contributed by atoms with van der Waals surface area (Å²) in [5, 5.41) is 1.17. The minimum atomic E-state index is -0.632. The zero-order valence-electron chi connectivity index (χ0n) is 8.77. The number of hydrogen-bond donors (Lipinski definition) is 1. The van der Waals surface area contributed by atoms with Gasteiger partial charge in [-0.2, -0.15) is 0 Å². The van der Waals surface area contributed by atoms with Crippen molar-refractivity contribution >= 4 is 28.4 Å². The van der Waals surface area contributed by atoms with Crippen molar-refractivity contribution in [1.29, 1.82) is 0 Å². The molecule has 0 bridgehead atoms. The maximum atomic E-state index is 10.5. The summed E-state index contributed by atoms with van der Waals surface area (Å²) in [6.07, 6.45) is 1.85. The maximum Gasteiger partial charge on any atom is 0.293 e. The monoisotopic (exact) mass is 245 g/mol. The van der Waals surface area contributed by atoms with Crippen LogP contribution in [0.5, 0.6) is 0 Å². The summed E-state index contributed by atoms with van der Waals surface area (Å²) in [6, 6.07) is 5.57. The number of halogens is 1. The minimum Gasteiger partial charge on any atom is -0.359 e. The van der Waals surface area contributed by atoms with Crippen molar-refractivity contribution < 1.29 is 4.79 Å². The van der Waals surface area contributed by atoms with Crippen LogP contribution < -0.4 is 5.73 Å². The molecule has 2 rings (SSSR count). The highest BCUT2D eigenvalue weighted by Gasteiger charge is 2.01. The number of fused-ring (bicyclic) bond motifs is 1. The van der Waals surface area contributed by atoms with Gasteiger partial charge >= 0.3 is 0 Å². The van der Waals surface area contributed by atoms with Crippen LogP contribution in [0.15, 0.2) is 24.5 Å². The topological polar surface area (TPSA) is 68.9 Å². The predicted molar refractivity (Wildman–Crippen MR) is 65.2 cm³/mol. The first-order valence-corrected chi connectivity index (χ1v) is 5.22. The van der Waals surface area contributed by atoms with E-state index in [4.69, 9.17) is 17.3 Å². The van der Waals surface area contributed by atoms with Gasteiger partial charge in [0.15, 0.2) is 0 Å². The Kier molecular flexibility index (Phi) is 3.22. The number of aromatic nitrogens is 2. The molecular formula is C12H8ClN3O. The van der Waals surface area contributed by atoms with Crippen LogP contribution in [0, 0.1) is 11.8 Å². The fourth-order valence-corrected chi connectivity index (χ4v) is 1.61. The van der Waals surface area contributed by atoms with Gasteiger partial charge < -0.3 is 5.73 Å². The third kappa shape index (κ3) is 2.71. The lowest BCUT2D eigenvalue weighted by Gasteiger charge is -2.00. The molecule has 0 atom stereocenters. The highest BCUT2D eigenvalue weighted by atomic mass is 35.5. The number of hydrogen-bond acceptors (Lipinski definition) is 3. The second kappa shape index (κ2) is 4.81. The third-order valence-electron chi connectivity index (χ3n) is 2.16. The van der Waals surface area contributed by atoms with Gasteiger partial charge in [-0.25, -0.2) is 9.97 Å². The molecule has 0 saturated carbocycles. The second-order valence-electron chi connectivity index (χ2n) is 3.36. The summed E-state index contributed by atoms with van der Waals surface area (Å²) in [7, 11) is 0. The fraction of sp³-hybridized carbons (Fsp3) is 0.0833. The molecule has 0 unspecified atom stereocenters. The first-order valence-electron chi connectivity index (χ1n) is 4.84. The van der Waals surface area contributed by atoms with E-state index >= 15 is 0 Å². The van der Waals surface area contributed by atoms with Gasteiger partial charge in [0.2, 0.25) is 0 Å². The van der Waals surface area contributed by atoms with Crippen molar-refractivity contribution in [3.05, 3.63) is 35.2 Å². The van der Waals surface area contributed by atoms with E-state index in [0.717, 1.165) is 16.5 Å². The Morgan fingerprint density at radius 1 is 1.41 bits per heavy atom. The van der Waals surface area contributed by atoms with Crippen molar-refractivity contribution in [2.45, 2.75) is 6.42 Å². The van der Waals surface area contributed by atoms with E-state index in [0.29, 0.717) is 11.6 Å². The van der Waals surface area contributed by atoms with E-state index in [9.17, 15) is 4.79 Å². The normalized spacial score (nSPS) is 9.71. The Bertz CT molecular complexity index is 643. The summed E-state index contributed by atoms with van der Waals surface area (Å²) in [5.41, 5.74) is 6.63. The van der Waals surface area contributed by atoms with Gasteiger partial charge in [0.25, 0.3) is 5.91 Å². The van der Waals surface area contributed by atoms with Crippen LogP contribution in [0.1, 0.15) is 5.56 Å². The van der Waals surface area contributed by atoms with Crippen LogP contribution >= 0.6 is 11.6 Å². The van der Waals surface area contributed by atoms with Gasteiger partial charge in [0.05, 0.1) is 5.52 Å². The molecule has 0 aliphatic carbocycles. The molecule has 17 heavy (non-hydrogen) atoms. The molecule has 1 heterocycles. The summed E-state index contributed by atoms with van der Waals surface area (Å²) in [6.45, 7) is 0. The highest BCUT2D eigenvalue weighted by molar-refractivity contribution is 6.34. The molecule has 0 spiro atoms. The van der Waals surface area contributed by atoms with E-state index < -0.39 is 5.91 Å². The second-order valence-corrected chi connectivity index (χ2v) is 3.72. The van der Waals surface area contributed by atoms with E-state index in [-0.39, 0.29) is 0 Å². The molecule has 0 aliphatic rings. The van der Waals surface area contributed by atoms with Crippen LogP contribution in [-0.4, -0.2) is 15.9 Å². The quantitative estimate of drug-likeness (QED) is 0.608. The zero-order valence-corrected chi connectivity index (χ0v) is 9.53. The number of carbonyl (C=O) groups is 1. The summed E-state index contributed by atoms with van der Waals surface area (Å²) >= 11 is 5.95. The molecule has 0 saturated heterocycles. The van der Waals surface area contributed by atoms with Crippen LogP contribution in [0.4, 0.5) is 0 Å². The molecule has 5 heteroatoms. The van der Waals surface area contributed by atoms with Crippen LogP contribution in [0.3, 0.4) is 0 Å². The number of benzene rings is 1. The molecule has 84 valence electrons. The summed E-state index contributed by atoms with van der Waals surface area (Å²) < 4.78 is 0. The van der Waals surface area contributed by atoms with Crippen molar-refractivity contribution in [3.8, 4) is 11.8 Å². The molecule has 0 radical (unpaired) electrons. The average molecular weight is 246 g/mol. The predicted octanol–water partition coefficient (Wildman–Crippen LogP) is 1.31. The Balaban J connectivity index is 2.35. The van der Waals surface area contributed by atoms with Gasteiger partial charge in [-0.05, 0) is 23.6 Å². The van der Waals surface area contributed by atoms with E-state index in [2.05, 4.69) is 21.8 Å². The lowest BCUT2D eigenvalue weighted by atomic mass is 10.1. The first-order chi connectivity index (χ1) is 8.16. The minimum absolute atomic E-state index is 0.403. The van der Waals surface area contributed by atoms with Crippen molar-refractivity contribution in [2.75, 3.05) is 0 Å². The van der Waals surface area contributed by atoms with Crippen molar-refractivity contribution in [2.24, 2.45) is 5.73 Å². The standard InChI is InChI=1S/C12H8ClN3O/c13-12-9-6-8(2-1-3-11(14)17)4-5-10(9)15-7-16-12/h4-7H,2H2,(H2,14,17). The maximum absolute atomic E-state index is 10.5. The molecule has 0 fully saturated rings. The number of rotatable bonds is 1. The lowest BCUT2D eigenvalue weighted by molar-refractivity contribution is -0.112. The smallest absolute Gasteiger partial charge is 0.293 e. The van der Waals surface area contributed by atoms with Crippen LogP contribution in [-0.2, 0) is 11.2 Å². The number of primary amides is 1. The lowest BCUT2D eigenvalue weighted by Crippen LogP contribution is -2.06. The van der Waals surface area contributed by atoms with E-state index in [1.54, 1.807) is 0 Å². The van der Waals surface area contributed by atoms with Crippen molar-refractivity contribution in [3.63, 3.8) is 0 Å². The SMILES string of the molecule is NC(=O)C#CCc1ccc2ncnc(Cl)c2c1. The Morgan fingerprint density at radius 2 is 2.24 bits per heavy atom. The van der Waals surface area contributed by atoms with Gasteiger partial charge in [-0.1, -0.05) is 23.6 Å². The van der Waals surface area contributed by atoms with E-state index in [1.807, 2.05) is 18.2 Å². The largest absolute Gasteiger partial charge is 0.359 e. The molecule has 1 amide bonds. The number of nitrogens with zero attached hydrogens (tertiary/aromatic N) is 2. The zero-order chi connectivity index (χ0) is 12.3. The molecule has 2 N–H and O–H groups in total. The summed E-state index contributed by atoms with van der Waals surface area (Å²) in [5.74, 6) is 4.33. The molecule has 2 aromatic rings. The Labute approximate surface area is 103 Å². The average Bonchev–Trinajstić information content (AvgIpc) is 2.30. The molecule has 4 nitrogen and oxygen atoms in total. The third-order valence-corrected chi connectivity index (χ3v) is 2.46. The number of nitrogens with two attached hydrogens (primary N) is 1. The van der Waals surface area contributed by atoms with Gasteiger partial charge in [-0.15, -0.1) is 0 Å². The Morgan fingerprint density at radius 3 is 3.00 bits per heavy atom. The molecule has 1 aromatic carbocycles. The highest BCUT2D eigenvalue weighted by Crippen LogP contribution is 2.20. The molecular weight excluding hydrogens is 238 g/mol. The van der Waals surface area contributed by atoms with Gasteiger partial charge in [0, 0.05) is 11.8 Å². The first kappa shape index (κ1) is 11.4. The number of amides is 1. The number of carbonyl (C=O) groups excluding carboxylic acids is 1. The fourth-order valence-electron chi connectivity index (χ4n) is 1.42. The van der Waals surface area contributed by atoms with Gasteiger partial charge in [-0.3, -0.25) is 4.79 Å². The van der Waals surface area contributed by atoms with Gasteiger partial charge in [0.1, 0.15) is 11.5 Å². The van der Waals surface area contributed by atoms with Crippen molar-refractivity contribution in [1.82, 2.24) is 9.97 Å².